The Labute approximate surface area is 146 Å². The fraction of sp³-hybridized carbons (Fsp3) is 0.500. The fourth-order valence-corrected chi connectivity index (χ4v) is 3.63. The van der Waals surface area contributed by atoms with E-state index in [4.69, 9.17) is 4.52 Å². The number of nitrogens with one attached hydrogen (secondary N) is 1. The van der Waals surface area contributed by atoms with Gasteiger partial charge in [0.05, 0.1) is 0 Å². The van der Waals surface area contributed by atoms with Gasteiger partial charge in [0.2, 0.25) is 0 Å². The summed E-state index contributed by atoms with van der Waals surface area (Å²) in [6.07, 6.45) is 6.13. The van der Waals surface area contributed by atoms with Crippen LogP contribution in [0.4, 0.5) is 5.82 Å². The van der Waals surface area contributed by atoms with Gasteiger partial charge in [-0.1, -0.05) is 11.2 Å². The molecule has 7 nitrogen and oxygen atoms in total. The van der Waals surface area contributed by atoms with Gasteiger partial charge in [-0.05, 0) is 37.8 Å². The number of nitrogens with zero attached hydrogens (tertiary/aromatic N) is 3. The number of carbonyl (C=O) groups is 1. The average Bonchev–Trinajstić information content (AvgIpc) is 3.25. The van der Waals surface area contributed by atoms with Gasteiger partial charge in [0.15, 0.2) is 5.69 Å². The van der Waals surface area contributed by atoms with Crippen molar-refractivity contribution in [2.24, 2.45) is 0 Å². The Bertz CT molecular complexity index is 761. The average molecular weight is 342 g/mol. The van der Waals surface area contributed by atoms with Crippen molar-refractivity contribution in [3.8, 4) is 0 Å². The third kappa shape index (κ3) is 3.24. The first-order valence-electron chi connectivity index (χ1n) is 8.79. The van der Waals surface area contributed by atoms with Gasteiger partial charge in [-0.15, -0.1) is 0 Å². The van der Waals surface area contributed by atoms with E-state index in [0.29, 0.717) is 25.2 Å². The Morgan fingerprint density at radius 2 is 2.24 bits per heavy atom. The van der Waals surface area contributed by atoms with E-state index in [2.05, 4.69) is 15.5 Å². The van der Waals surface area contributed by atoms with Crippen LogP contribution in [-0.4, -0.2) is 46.4 Å². The Balaban J connectivity index is 1.38. The second-order valence-corrected chi connectivity index (χ2v) is 6.91. The number of aromatic nitrogens is 2. The first-order valence-corrected chi connectivity index (χ1v) is 8.79. The van der Waals surface area contributed by atoms with E-state index in [0.717, 1.165) is 42.8 Å². The van der Waals surface area contributed by atoms with Crippen molar-refractivity contribution in [3.63, 3.8) is 0 Å². The topological polar surface area (TPSA) is 91.5 Å². The molecule has 1 amide bonds. The second kappa shape index (κ2) is 6.48. The maximum atomic E-state index is 12.5. The van der Waals surface area contributed by atoms with Gasteiger partial charge in [0.25, 0.3) is 5.91 Å². The third-order valence-electron chi connectivity index (χ3n) is 5.05. The summed E-state index contributed by atoms with van der Waals surface area (Å²) in [5.41, 5.74) is 0.340. The summed E-state index contributed by atoms with van der Waals surface area (Å²) >= 11 is 0. The van der Waals surface area contributed by atoms with E-state index in [-0.39, 0.29) is 12.5 Å². The van der Waals surface area contributed by atoms with Crippen LogP contribution in [0.1, 0.15) is 41.1 Å². The summed E-state index contributed by atoms with van der Waals surface area (Å²) in [4.78, 5) is 18.8. The van der Waals surface area contributed by atoms with Crippen LogP contribution in [0.2, 0.25) is 0 Å². The summed E-state index contributed by atoms with van der Waals surface area (Å²) in [5.74, 6) is 1.41. The molecule has 1 aliphatic carbocycles. The van der Waals surface area contributed by atoms with Gasteiger partial charge in [0, 0.05) is 37.8 Å². The molecule has 0 saturated carbocycles. The Hall–Kier alpha value is -2.41. The van der Waals surface area contributed by atoms with Crippen molar-refractivity contribution in [1.82, 2.24) is 15.5 Å². The number of aryl methyl sites for hydroxylation is 1. The van der Waals surface area contributed by atoms with Crippen LogP contribution in [-0.2, 0) is 12.8 Å². The molecule has 1 fully saturated rings. The highest BCUT2D eigenvalue weighted by Crippen LogP contribution is 2.26. The van der Waals surface area contributed by atoms with Crippen LogP contribution in [0, 0.1) is 0 Å². The minimum atomic E-state index is -0.961. The van der Waals surface area contributed by atoms with Crippen molar-refractivity contribution < 1.29 is 14.4 Å². The lowest BCUT2D eigenvalue weighted by molar-refractivity contribution is 0.0572. The summed E-state index contributed by atoms with van der Waals surface area (Å²) in [7, 11) is 0. The minimum Gasteiger partial charge on any atom is -0.386 e. The molecule has 1 saturated heterocycles. The zero-order valence-electron chi connectivity index (χ0n) is 14.1. The van der Waals surface area contributed by atoms with Gasteiger partial charge in [-0.2, -0.15) is 0 Å². The zero-order valence-corrected chi connectivity index (χ0v) is 14.1. The number of carbonyl (C=O) groups excluding carboxylic acids is 1. The number of β-amino-alcohol motifs (C(OH)–C–C–N with tert-alkyl or cyclic N) is 1. The predicted octanol–water partition coefficient (Wildman–Crippen LogP) is 1.32. The number of rotatable bonds is 4. The Morgan fingerprint density at radius 3 is 3.08 bits per heavy atom. The SMILES string of the molecule is O=C(NC[C@@]1(O)CCN(c2ccccn2)C1)c1noc2c1CCCC2. The monoisotopic (exact) mass is 342 g/mol. The van der Waals surface area contributed by atoms with Crippen LogP contribution in [0.15, 0.2) is 28.9 Å². The lowest BCUT2D eigenvalue weighted by atomic mass is 9.96. The third-order valence-corrected chi connectivity index (χ3v) is 5.05. The molecule has 0 aromatic carbocycles. The molecule has 4 rings (SSSR count). The number of aliphatic hydroxyl groups is 1. The number of anilines is 1. The lowest BCUT2D eigenvalue weighted by Crippen LogP contribution is -2.45. The van der Waals surface area contributed by atoms with Gasteiger partial charge >= 0.3 is 0 Å². The molecule has 0 spiro atoms. The smallest absolute Gasteiger partial charge is 0.273 e. The molecule has 1 aliphatic heterocycles. The van der Waals surface area contributed by atoms with Gasteiger partial charge < -0.3 is 19.8 Å². The van der Waals surface area contributed by atoms with Crippen LogP contribution >= 0.6 is 0 Å². The second-order valence-electron chi connectivity index (χ2n) is 6.91. The maximum Gasteiger partial charge on any atom is 0.273 e. The molecule has 132 valence electrons. The highest BCUT2D eigenvalue weighted by Gasteiger charge is 2.37. The van der Waals surface area contributed by atoms with E-state index in [1.54, 1.807) is 6.20 Å². The molecule has 0 bridgehead atoms. The van der Waals surface area contributed by atoms with E-state index in [9.17, 15) is 9.90 Å². The lowest BCUT2D eigenvalue weighted by Gasteiger charge is -2.24. The van der Waals surface area contributed by atoms with Gasteiger partial charge in [-0.25, -0.2) is 4.98 Å². The Morgan fingerprint density at radius 1 is 1.36 bits per heavy atom. The van der Waals surface area contributed by atoms with E-state index in [1.165, 1.54) is 0 Å². The standard InChI is InChI=1S/C18H22N4O3/c23-17(16-13-5-1-2-6-14(13)25-21-16)20-11-18(24)8-10-22(12-18)15-7-3-4-9-19-15/h3-4,7,9,24H,1-2,5-6,8,10-12H2,(H,20,23)/t18-/m0/s1. The van der Waals surface area contributed by atoms with Crippen molar-refractivity contribution in [1.29, 1.82) is 0 Å². The van der Waals surface area contributed by atoms with Crippen molar-refractivity contribution in [2.45, 2.75) is 37.7 Å². The quantitative estimate of drug-likeness (QED) is 0.871. The van der Waals surface area contributed by atoms with Crippen LogP contribution in [0.5, 0.6) is 0 Å². The molecular formula is C18H22N4O3. The zero-order chi connectivity index (χ0) is 17.3. The number of fused-ring (bicyclic) bond motifs is 1. The van der Waals surface area contributed by atoms with E-state index < -0.39 is 5.60 Å². The van der Waals surface area contributed by atoms with E-state index in [1.807, 2.05) is 23.1 Å². The highest BCUT2D eigenvalue weighted by molar-refractivity contribution is 5.93. The summed E-state index contributed by atoms with van der Waals surface area (Å²) in [6, 6.07) is 5.71. The molecule has 2 aromatic rings. The van der Waals surface area contributed by atoms with Crippen molar-refractivity contribution >= 4 is 11.7 Å². The fourth-order valence-electron chi connectivity index (χ4n) is 3.63. The molecule has 7 heteroatoms. The summed E-state index contributed by atoms with van der Waals surface area (Å²) < 4.78 is 5.29. The van der Waals surface area contributed by atoms with Crippen LogP contribution in [0.25, 0.3) is 0 Å². The van der Waals surface area contributed by atoms with Crippen LogP contribution in [0.3, 0.4) is 0 Å². The first kappa shape index (κ1) is 16.1. The number of amides is 1. The molecule has 2 N–H and O–H groups in total. The number of pyridine rings is 1. The summed E-state index contributed by atoms with van der Waals surface area (Å²) in [6.45, 7) is 1.35. The molecule has 25 heavy (non-hydrogen) atoms. The van der Waals surface area contributed by atoms with E-state index >= 15 is 0 Å². The Kier molecular flexibility index (Phi) is 4.17. The number of hydrogen-bond donors (Lipinski definition) is 2. The molecular weight excluding hydrogens is 320 g/mol. The van der Waals surface area contributed by atoms with Crippen molar-refractivity contribution in [2.75, 3.05) is 24.5 Å². The molecule has 2 aromatic heterocycles. The predicted molar refractivity (Wildman–Crippen MR) is 91.5 cm³/mol. The number of hydrogen-bond acceptors (Lipinski definition) is 6. The largest absolute Gasteiger partial charge is 0.386 e. The minimum absolute atomic E-state index is 0.191. The molecule has 1 atom stereocenters. The van der Waals surface area contributed by atoms with Gasteiger partial charge in [0.1, 0.15) is 17.2 Å². The summed E-state index contributed by atoms with van der Waals surface area (Å²) in [5, 5.41) is 17.6. The molecule has 0 unspecified atom stereocenters. The van der Waals surface area contributed by atoms with Crippen molar-refractivity contribution in [3.05, 3.63) is 41.4 Å². The highest BCUT2D eigenvalue weighted by atomic mass is 16.5. The van der Waals surface area contributed by atoms with Gasteiger partial charge in [-0.3, -0.25) is 4.79 Å². The maximum absolute atomic E-state index is 12.5. The first-order chi connectivity index (χ1) is 12.1. The normalized spacial score (nSPS) is 22.7. The molecule has 3 heterocycles. The molecule has 0 radical (unpaired) electrons. The van der Waals surface area contributed by atoms with Crippen LogP contribution < -0.4 is 10.2 Å². The molecule has 2 aliphatic rings.